The number of rotatable bonds is 4. The number of aromatic nitrogens is 1. The number of nitrogens with zero attached hydrogens (tertiary/aromatic N) is 2. The van der Waals surface area contributed by atoms with E-state index < -0.39 is 5.60 Å². The Morgan fingerprint density at radius 3 is 2.67 bits per heavy atom. The summed E-state index contributed by atoms with van der Waals surface area (Å²) in [6.45, 7) is 4.15. The first-order valence-electron chi connectivity index (χ1n) is 4.99. The maximum atomic E-state index is 9.70. The molecule has 0 fully saturated rings. The molecular formula is C11H19N3O. The second-order valence-electron chi connectivity index (χ2n) is 4.35. The van der Waals surface area contributed by atoms with Gasteiger partial charge in [0.15, 0.2) is 0 Å². The standard InChI is InChI=1S/C11H19N3O/c1-11(2,15)8-14(4)10-5-9(12-3)6-13-7-10/h5-7,12,15H,8H2,1-4H3. The molecule has 1 heterocycles. The van der Waals surface area contributed by atoms with Crippen molar-refractivity contribution in [3.05, 3.63) is 18.5 Å². The van der Waals surface area contributed by atoms with Crippen LogP contribution in [-0.2, 0) is 0 Å². The molecule has 1 aromatic rings. The zero-order valence-corrected chi connectivity index (χ0v) is 9.78. The highest BCUT2D eigenvalue weighted by Gasteiger charge is 2.16. The summed E-state index contributed by atoms with van der Waals surface area (Å²) in [7, 11) is 3.80. The maximum Gasteiger partial charge on any atom is 0.0765 e. The van der Waals surface area contributed by atoms with Gasteiger partial charge in [0.1, 0.15) is 0 Å². The van der Waals surface area contributed by atoms with Crippen molar-refractivity contribution >= 4 is 11.4 Å². The van der Waals surface area contributed by atoms with E-state index in [1.165, 1.54) is 0 Å². The number of likely N-dealkylation sites (N-methyl/N-ethyl adjacent to an activating group) is 1. The van der Waals surface area contributed by atoms with Gasteiger partial charge < -0.3 is 15.3 Å². The molecule has 1 aromatic heterocycles. The van der Waals surface area contributed by atoms with Gasteiger partial charge in [0.25, 0.3) is 0 Å². The van der Waals surface area contributed by atoms with Crippen molar-refractivity contribution < 1.29 is 5.11 Å². The van der Waals surface area contributed by atoms with Crippen LogP contribution in [-0.4, -0.2) is 36.3 Å². The van der Waals surface area contributed by atoms with E-state index in [0.29, 0.717) is 6.54 Å². The van der Waals surface area contributed by atoms with Crippen molar-refractivity contribution in [1.82, 2.24) is 4.98 Å². The van der Waals surface area contributed by atoms with Gasteiger partial charge in [0, 0.05) is 20.6 Å². The van der Waals surface area contributed by atoms with Crippen LogP contribution in [0.4, 0.5) is 11.4 Å². The Bertz CT molecular complexity index is 320. The van der Waals surface area contributed by atoms with Gasteiger partial charge in [0.2, 0.25) is 0 Å². The van der Waals surface area contributed by atoms with E-state index in [1.54, 1.807) is 26.2 Å². The molecule has 4 heteroatoms. The highest BCUT2D eigenvalue weighted by molar-refractivity contribution is 5.55. The summed E-state index contributed by atoms with van der Waals surface area (Å²) in [6, 6.07) is 2.00. The lowest BCUT2D eigenvalue weighted by Crippen LogP contribution is -2.36. The first-order valence-corrected chi connectivity index (χ1v) is 4.99. The van der Waals surface area contributed by atoms with Crippen LogP contribution in [0.1, 0.15) is 13.8 Å². The third-order valence-electron chi connectivity index (χ3n) is 2.08. The average molecular weight is 209 g/mol. The summed E-state index contributed by atoms with van der Waals surface area (Å²) < 4.78 is 0. The van der Waals surface area contributed by atoms with Gasteiger partial charge in [0.05, 0.1) is 29.4 Å². The lowest BCUT2D eigenvalue weighted by molar-refractivity contribution is 0.0886. The number of hydrogen-bond acceptors (Lipinski definition) is 4. The van der Waals surface area contributed by atoms with Crippen molar-refractivity contribution in [1.29, 1.82) is 0 Å². The summed E-state index contributed by atoms with van der Waals surface area (Å²) in [4.78, 5) is 6.10. The number of anilines is 2. The summed E-state index contributed by atoms with van der Waals surface area (Å²) in [5, 5.41) is 12.7. The zero-order chi connectivity index (χ0) is 11.5. The van der Waals surface area contributed by atoms with Crippen LogP contribution in [0, 0.1) is 0 Å². The number of nitrogens with one attached hydrogen (secondary N) is 1. The first kappa shape index (κ1) is 11.8. The Morgan fingerprint density at radius 1 is 1.47 bits per heavy atom. The number of hydrogen-bond donors (Lipinski definition) is 2. The Balaban J connectivity index is 2.77. The highest BCUT2D eigenvalue weighted by atomic mass is 16.3. The Kier molecular flexibility index (Phi) is 3.52. The van der Waals surface area contributed by atoms with E-state index in [0.717, 1.165) is 11.4 Å². The molecule has 4 nitrogen and oxygen atoms in total. The van der Waals surface area contributed by atoms with Gasteiger partial charge >= 0.3 is 0 Å². The molecular weight excluding hydrogens is 190 g/mol. The molecule has 2 N–H and O–H groups in total. The quantitative estimate of drug-likeness (QED) is 0.785. The molecule has 0 aliphatic rings. The summed E-state index contributed by atoms with van der Waals surface area (Å²) in [5.74, 6) is 0. The molecule has 0 amide bonds. The molecule has 0 saturated heterocycles. The molecule has 0 unspecified atom stereocenters. The lowest BCUT2D eigenvalue weighted by atomic mass is 10.1. The van der Waals surface area contributed by atoms with Gasteiger partial charge in [-0.1, -0.05) is 0 Å². The Hall–Kier alpha value is -1.29. The fraction of sp³-hybridized carbons (Fsp3) is 0.545. The molecule has 0 bridgehead atoms. The SMILES string of the molecule is CNc1cncc(N(C)CC(C)(C)O)c1. The summed E-state index contributed by atoms with van der Waals surface area (Å²) >= 11 is 0. The second kappa shape index (κ2) is 4.49. The highest BCUT2D eigenvalue weighted by Crippen LogP contribution is 2.17. The van der Waals surface area contributed by atoms with Crippen molar-refractivity contribution in [3.8, 4) is 0 Å². The topological polar surface area (TPSA) is 48.4 Å². The molecule has 84 valence electrons. The smallest absolute Gasteiger partial charge is 0.0765 e. The number of pyridine rings is 1. The number of aliphatic hydroxyl groups is 1. The van der Waals surface area contributed by atoms with Crippen LogP contribution in [0.15, 0.2) is 18.5 Å². The van der Waals surface area contributed by atoms with Gasteiger partial charge in [-0.15, -0.1) is 0 Å². The van der Waals surface area contributed by atoms with E-state index >= 15 is 0 Å². The predicted octanol–water partition coefficient (Wildman–Crippen LogP) is 1.33. The van der Waals surface area contributed by atoms with Crippen LogP contribution in [0.3, 0.4) is 0 Å². The Labute approximate surface area is 90.9 Å². The van der Waals surface area contributed by atoms with Crippen LogP contribution >= 0.6 is 0 Å². The molecule has 0 aliphatic heterocycles. The predicted molar refractivity (Wildman–Crippen MR) is 63.4 cm³/mol. The minimum Gasteiger partial charge on any atom is -0.389 e. The van der Waals surface area contributed by atoms with Crippen LogP contribution < -0.4 is 10.2 Å². The van der Waals surface area contributed by atoms with Crippen molar-refractivity contribution in [3.63, 3.8) is 0 Å². The van der Waals surface area contributed by atoms with E-state index in [4.69, 9.17) is 0 Å². The van der Waals surface area contributed by atoms with Crippen LogP contribution in [0.2, 0.25) is 0 Å². The van der Waals surface area contributed by atoms with Crippen molar-refractivity contribution in [2.45, 2.75) is 19.4 Å². The molecule has 15 heavy (non-hydrogen) atoms. The second-order valence-corrected chi connectivity index (χ2v) is 4.35. The van der Waals surface area contributed by atoms with E-state index in [9.17, 15) is 5.11 Å². The molecule has 0 saturated carbocycles. The minimum atomic E-state index is -0.704. The largest absolute Gasteiger partial charge is 0.389 e. The van der Waals surface area contributed by atoms with Gasteiger partial charge in [-0.2, -0.15) is 0 Å². The molecule has 0 aliphatic carbocycles. The van der Waals surface area contributed by atoms with Gasteiger partial charge in [-0.05, 0) is 19.9 Å². The minimum absolute atomic E-state index is 0.571. The fourth-order valence-corrected chi connectivity index (χ4v) is 1.44. The first-order chi connectivity index (χ1) is 6.92. The van der Waals surface area contributed by atoms with Crippen LogP contribution in [0.25, 0.3) is 0 Å². The normalized spacial score (nSPS) is 11.3. The average Bonchev–Trinajstić information content (AvgIpc) is 2.15. The summed E-state index contributed by atoms with van der Waals surface area (Å²) in [6.07, 6.45) is 3.55. The fourth-order valence-electron chi connectivity index (χ4n) is 1.44. The van der Waals surface area contributed by atoms with Crippen molar-refractivity contribution in [2.24, 2.45) is 0 Å². The Morgan fingerprint density at radius 2 is 2.13 bits per heavy atom. The molecule has 1 rings (SSSR count). The van der Waals surface area contributed by atoms with Gasteiger partial charge in [-0.3, -0.25) is 4.98 Å². The van der Waals surface area contributed by atoms with E-state index in [-0.39, 0.29) is 0 Å². The third kappa shape index (κ3) is 3.75. The molecule has 0 aromatic carbocycles. The monoisotopic (exact) mass is 209 g/mol. The maximum absolute atomic E-state index is 9.70. The molecule has 0 radical (unpaired) electrons. The van der Waals surface area contributed by atoms with E-state index in [2.05, 4.69) is 10.3 Å². The summed E-state index contributed by atoms with van der Waals surface area (Å²) in [5.41, 5.74) is 1.25. The lowest BCUT2D eigenvalue weighted by Gasteiger charge is -2.27. The zero-order valence-electron chi connectivity index (χ0n) is 9.78. The van der Waals surface area contributed by atoms with E-state index in [1.807, 2.05) is 25.1 Å². The van der Waals surface area contributed by atoms with Gasteiger partial charge in [-0.25, -0.2) is 0 Å². The molecule has 0 atom stereocenters. The molecule has 0 spiro atoms. The third-order valence-corrected chi connectivity index (χ3v) is 2.08. The van der Waals surface area contributed by atoms with Crippen LogP contribution in [0.5, 0.6) is 0 Å². The van der Waals surface area contributed by atoms with Crippen molar-refractivity contribution in [2.75, 3.05) is 30.9 Å².